The second-order valence-electron chi connectivity index (χ2n) is 6.15. The molecule has 0 bridgehead atoms. The molecule has 0 fully saturated rings. The maximum absolute atomic E-state index is 12.0. The van der Waals surface area contributed by atoms with E-state index in [2.05, 4.69) is 48.5 Å². The Morgan fingerprint density at radius 1 is 1.09 bits per heavy atom. The number of nitrogens with zero attached hydrogens (tertiary/aromatic N) is 1. The minimum absolute atomic E-state index is 0.0687. The van der Waals surface area contributed by atoms with Gasteiger partial charge >= 0.3 is 0 Å². The summed E-state index contributed by atoms with van der Waals surface area (Å²) >= 11 is 0. The molecule has 0 aliphatic rings. The third kappa shape index (κ3) is 5.40. The van der Waals surface area contributed by atoms with Crippen LogP contribution in [0.4, 0.5) is 5.82 Å². The first-order chi connectivity index (χ1) is 11.1. The number of benzene rings is 1. The van der Waals surface area contributed by atoms with Crippen LogP contribution in [0.1, 0.15) is 49.2 Å². The van der Waals surface area contributed by atoms with E-state index in [0.717, 1.165) is 12.2 Å². The molecule has 1 amide bonds. The number of pyridine rings is 1. The van der Waals surface area contributed by atoms with Crippen molar-refractivity contribution in [3.8, 4) is 0 Å². The van der Waals surface area contributed by atoms with Crippen LogP contribution in [-0.2, 0) is 0 Å². The van der Waals surface area contributed by atoms with Crippen LogP contribution < -0.4 is 10.6 Å². The summed E-state index contributed by atoms with van der Waals surface area (Å²) in [5.74, 6) is 1.28. The molecule has 4 heteroatoms. The highest BCUT2D eigenvalue weighted by Gasteiger charge is 2.08. The van der Waals surface area contributed by atoms with Crippen molar-refractivity contribution in [2.24, 2.45) is 5.92 Å². The lowest BCUT2D eigenvalue weighted by atomic mass is 10.1. The van der Waals surface area contributed by atoms with Gasteiger partial charge in [0.25, 0.3) is 5.91 Å². The molecule has 1 aromatic heterocycles. The molecule has 1 heterocycles. The topological polar surface area (TPSA) is 54.0 Å². The average Bonchev–Trinajstić information content (AvgIpc) is 2.56. The van der Waals surface area contributed by atoms with E-state index in [9.17, 15) is 4.79 Å². The van der Waals surface area contributed by atoms with E-state index in [0.29, 0.717) is 18.0 Å². The van der Waals surface area contributed by atoms with Crippen molar-refractivity contribution in [1.29, 1.82) is 0 Å². The van der Waals surface area contributed by atoms with Gasteiger partial charge in [-0.05, 0) is 37.0 Å². The zero-order chi connectivity index (χ0) is 16.7. The summed E-state index contributed by atoms with van der Waals surface area (Å²) in [7, 11) is 0. The fourth-order valence-electron chi connectivity index (χ4n) is 2.24. The summed E-state index contributed by atoms with van der Waals surface area (Å²) in [5.41, 5.74) is 1.79. The van der Waals surface area contributed by atoms with Gasteiger partial charge < -0.3 is 10.6 Å². The fourth-order valence-corrected chi connectivity index (χ4v) is 2.24. The lowest BCUT2D eigenvalue weighted by Crippen LogP contribution is -2.25. The van der Waals surface area contributed by atoms with E-state index in [4.69, 9.17) is 0 Å². The molecule has 0 radical (unpaired) electrons. The highest BCUT2D eigenvalue weighted by Crippen LogP contribution is 2.17. The van der Waals surface area contributed by atoms with Crippen LogP contribution in [0.15, 0.2) is 48.7 Å². The van der Waals surface area contributed by atoms with Crippen LogP contribution >= 0.6 is 0 Å². The normalized spacial score (nSPS) is 12.0. The molecular weight excluding hydrogens is 286 g/mol. The van der Waals surface area contributed by atoms with Gasteiger partial charge in [-0.25, -0.2) is 4.98 Å². The number of aromatic nitrogens is 1. The van der Waals surface area contributed by atoms with E-state index < -0.39 is 0 Å². The third-order valence-corrected chi connectivity index (χ3v) is 3.70. The van der Waals surface area contributed by atoms with Gasteiger partial charge in [0, 0.05) is 18.8 Å². The number of anilines is 1. The largest absolute Gasteiger partial charge is 0.364 e. The van der Waals surface area contributed by atoms with E-state index in [1.807, 2.05) is 24.3 Å². The van der Waals surface area contributed by atoms with Gasteiger partial charge in [0.15, 0.2) is 0 Å². The minimum Gasteiger partial charge on any atom is -0.364 e. The average molecular weight is 311 g/mol. The Balaban J connectivity index is 1.90. The van der Waals surface area contributed by atoms with Crippen LogP contribution in [0.25, 0.3) is 0 Å². The summed E-state index contributed by atoms with van der Waals surface area (Å²) in [6, 6.07) is 14.0. The van der Waals surface area contributed by atoms with Crippen LogP contribution in [-0.4, -0.2) is 17.4 Å². The molecule has 0 aliphatic carbocycles. The Bertz CT molecular complexity index is 608. The van der Waals surface area contributed by atoms with Gasteiger partial charge in [-0.2, -0.15) is 0 Å². The van der Waals surface area contributed by atoms with Gasteiger partial charge in [-0.15, -0.1) is 0 Å². The first-order valence-corrected chi connectivity index (χ1v) is 8.12. The standard InChI is InChI=1S/C19H25N3O/c1-14(2)11-12-20-19(23)17-9-10-18(21-13-17)22-15(3)16-7-5-4-6-8-16/h4-10,13-15H,11-12H2,1-3H3,(H,20,23)(H,21,22). The zero-order valence-electron chi connectivity index (χ0n) is 14.0. The summed E-state index contributed by atoms with van der Waals surface area (Å²) < 4.78 is 0. The quantitative estimate of drug-likeness (QED) is 0.811. The molecule has 2 N–H and O–H groups in total. The number of nitrogens with one attached hydrogen (secondary N) is 2. The fraction of sp³-hybridized carbons (Fsp3) is 0.368. The van der Waals surface area contributed by atoms with E-state index >= 15 is 0 Å². The van der Waals surface area contributed by atoms with Crippen molar-refractivity contribution in [2.45, 2.75) is 33.2 Å². The number of carbonyl (C=O) groups is 1. The summed E-state index contributed by atoms with van der Waals surface area (Å²) in [6.07, 6.45) is 2.60. The van der Waals surface area contributed by atoms with Crippen LogP contribution in [0.5, 0.6) is 0 Å². The van der Waals surface area contributed by atoms with Crippen LogP contribution in [0.3, 0.4) is 0 Å². The van der Waals surface area contributed by atoms with Gasteiger partial charge in [-0.1, -0.05) is 44.2 Å². The van der Waals surface area contributed by atoms with Crippen LogP contribution in [0.2, 0.25) is 0 Å². The number of carbonyl (C=O) groups excluding carboxylic acids is 1. The van der Waals surface area contributed by atoms with Crippen molar-refractivity contribution in [1.82, 2.24) is 10.3 Å². The molecule has 1 aromatic carbocycles. The number of hydrogen-bond donors (Lipinski definition) is 2. The molecule has 0 spiro atoms. The number of hydrogen-bond acceptors (Lipinski definition) is 3. The van der Waals surface area contributed by atoms with Crippen LogP contribution in [0, 0.1) is 5.92 Å². The second-order valence-corrected chi connectivity index (χ2v) is 6.15. The lowest BCUT2D eigenvalue weighted by Gasteiger charge is -2.15. The first-order valence-electron chi connectivity index (χ1n) is 8.12. The second kappa shape index (κ2) is 8.32. The SMILES string of the molecule is CC(C)CCNC(=O)c1ccc(NC(C)c2ccccc2)nc1. The molecule has 1 atom stereocenters. The van der Waals surface area contributed by atoms with E-state index in [-0.39, 0.29) is 11.9 Å². The smallest absolute Gasteiger partial charge is 0.252 e. The van der Waals surface area contributed by atoms with Gasteiger partial charge in [0.2, 0.25) is 0 Å². The summed E-state index contributed by atoms with van der Waals surface area (Å²) in [4.78, 5) is 16.3. The predicted molar refractivity (Wildman–Crippen MR) is 94.5 cm³/mol. The third-order valence-electron chi connectivity index (χ3n) is 3.70. The summed E-state index contributed by atoms with van der Waals surface area (Å²) in [5, 5.41) is 6.26. The molecular formula is C19H25N3O. The first kappa shape index (κ1) is 17.0. The molecule has 23 heavy (non-hydrogen) atoms. The van der Waals surface area contributed by atoms with Crippen molar-refractivity contribution >= 4 is 11.7 Å². The molecule has 4 nitrogen and oxygen atoms in total. The van der Waals surface area contributed by atoms with Gasteiger partial charge in [0.05, 0.1) is 5.56 Å². The maximum atomic E-state index is 12.0. The molecule has 2 rings (SSSR count). The van der Waals surface area contributed by atoms with Crippen molar-refractivity contribution in [3.05, 3.63) is 59.8 Å². The highest BCUT2D eigenvalue weighted by atomic mass is 16.1. The number of amides is 1. The maximum Gasteiger partial charge on any atom is 0.252 e. The molecule has 0 saturated carbocycles. The molecule has 0 saturated heterocycles. The molecule has 0 aliphatic heterocycles. The van der Waals surface area contributed by atoms with E-state index in [1.165, 1.54) is 5.56 Å². The Hall–Kier alpha value is -2.36. The zero-order valence-corrected chi connectivity index (χ0v) is 14.0. The Morgan fingerprint density at radius 3 is 2.43 bits per heavy atom. The monoisotopic (exact) mass is 311 g/mol. The molecule has 122 valence electrons. The number of rotatable bonds is 7. The Labute approximate surface area is 138 Å². The van der Waals surface area contributed by atoms with E-state index in [1.54, 1.807) is 12.3 Å². The van der Waals surface area contributed by atoms with Gasteiger partial charge in [-0.3, -0.25) is 4.79 Å². The van der Waals surface area contributed by atoms with Crippen molar-refractivity contribution < 1.29 is 4.79 Å². The predicted octanol–water partition coefficient (Wildman–Crippen LogP) is 4.03. The molecule has 2 aromatic rings. The Kier molecular flexibility index (Phi) is 6.15. The van der Waals surface area contributed by atoms with Gasteiger partial charge in [0.1, 0.15) is 5.82 Å². The summed E-state index contributed by atoms with van der Waals surface area (Å²) in [6.45, 7) is 7.06. The minimum atomic E-state index is -0.0687. The Morgan fingerprint density at radius 2 is 1.83 bits per heavy atom. The van der Waals surface area contributed by atoms with Crippen molar-refractivity contribution in [3.63, 3.8) is 0 Å². The lowest BCUT2D eigenvalue weighted by molar-refractivity contribution is 0.0951. The highest BCUT2D eigenvalue weighted by molar-refractivity contribution is 5.94. The van der Waals surface area contributed by atoms with Crippen molar-refractivity contribution in [2.75, 3.05) is 11.9 Å². The molecule has 1 unspecified atom stereocenters.